The maximum Gasteiger partial charge on any atom is 0.163 e. The van der Waals surface area contributed by atoms with Crippen LogP contribution in [-0.4, -0.2) is 18.0 Å². The van der Waals surface area contributed by atoms with Gasteiger partial charge in [0.2, 0.25) is 0 Å². The molecule has 1 fully saturated rings. The quantitative estimate of drug-likeness (QED) is 0.183. The Morgan fingerprint density at radius 2 is 0.667 bits per heavy atom. The monoisotopic (exact) mass is 694 g/mol. The van der Waals surface area contributed by atoms with Crippen molar-refractivity contribution in [3.05, 3.63) is 146 Å². The molecule has 0 spiro atoms. The van der Waals surface area contributed by atoms with Crippen molar-refractivity contribution in [1.82, 2.24) is 0 Å². The largest absolute Gasteiger partial charge is 0.344 e. The van der Waals surface area contributed by atoms with Gasteiger partial charge in [-0.3, -0.25) is 0 Å². The van der Waals surface area contributed by atoms with Crippen LogP contribution in [0.2, 0.25) is 0 Å². The minimum Gasteiger partial charge on any atom is -0.344 e. The van der Waals surface area contributed by atoms with Gasteiger partial charge in [0.25, 0.3) is 0 Å². The fraction of sp³-hybridized carbons (Fsp3) is 0.149. The van der Waals surface area contributed by atoms with Gasteiger partial charge in [0, 0.05) is 54.3 Å². The highest BCUT2D eigenvalue weighted by Crippen LogP contribution is 2.58. The van der Waals surface area contributed by atoms with E-state index in [1.165, 1.54) is 85.1 Å². The molecule has 0 unspecified atom stereocenters. The molecule has 246 valence electrons. The molecule has 10 aromatic rings. The van der Waals surface area contributed by atoms with Gasteiger partial charge in [-0.15, -0.1) is 15.1 Å². The van der Waals surface area contributed by atoms with Crippen LogP contribution in [-0.2, 0) is 21.8 Å². The number of hydrogen-bond donors (Lipinski definition) is 0. The van der Waals surface area contributed by atoms with Crippen LogP contribution in [0.5, 0.6) is 0 Å². The summed E-state index contributed by atoms with van der Waals surface area (Å²) >= 11 is 0. The predicted molar refractivity (Wildman–Crippen MR) is 222 cm³/mol. The Kier molecular flexibility index (Phi) is 6.56. The molecule has 0 saturated carbocycles. The first-order valence-electron chi connectivity index (χ1n) is 18.0. The fourth-order valence-corrected chi connectivity index (χ4v) is 14.9. The van der Waals surface area contributed by atoms with Crippen LogP contribution in [0.25, 0.3) is 85.1 Å². The number of rotatable bonds is 4. The molecule has 0 N–H and O–H groups in total. The third-order valence-corrected chi connectivity index (χ3v) is 16.6. The third kappa shape index (κ3) is 4.51. The Morgan fingerprint density at radius 1 is 0.392 bits per heavy atom. The molecule has 2 nitrogen and oxygen atoms in total. The summed E-state index contributed by atoms with van der Waals surface area (Å²) in [5.74, 6) is -0.643. The van der Waals surface area contributed by atoms with Gasteiger partial charge in [0.1, 0.15) is 0 Å². The van der Waals surface area contributed by atoms with Crippen molar-refractivity contribution in [1.29, 1.82) is 0 Å². The summed E-state index contributed by atoms with van der Waals surface area (Å²) in [7, 11) is -1.34. The van der Waals surface area contributed by atoms with E-state index in [-0.39, 0.29) is 12.2 Å². The smallest absolute Gasteiger partial charge is 0.163 e. The summed E-state index contributed by atoms with van der Waals surface area (Å²) in [6.45, 7) is 4.21. The molecular formula is C47H36O2P2. The zero-order chi connectivity index (χ0) is 33.8. The Balaban J connectivity index is 1.11. The van der Waals surface area contributed by atoms with Crippen molar-refractivity contribution in [3.63, 3.8) is 0 Å². The highest BCUT2D eigenvalue weighted by atomic mass is 31.1. The first-order valence-corrected chi connectivity index (χ1v) is 21.1. The average Bonchev–Trinajstić information content (AvgIpc) is 3.78. The molecule has 0 radical (unpaired) electrons. The van der Waals surface area contributed by atoms with Crippen LogP contribution >= 0.6 is 15.1 Å². The Morgan fingerprint density at radius 3 is 0.961 bits per heavy atom. The second kappa shape index (κ2) is 11.2. The van der Waals surface area contributed by atoms with E-state index in [1.807, 2.05) is 0 Å². The standard InChI is InChI=1S/C47H36O2P2/c1-47(2)48-37(27-50-39-23-19-29-11-3-7-15-33(29)43(39)44-34-16-8-4-12-30(34)20-24-40(44)50)38(49-47)28-51-41-25-21-31-13-5-9-17-35(31)45(41)46-36-18-10-6-14-32(36)22-26-42(46)51/h3-26,37-38H,27-28H2,1-2H3/t37-,38-/m1/s1. The zero-order valence-electron chi connectivity index (χ0n) is 28.6. The van der Waals surface area contributed by atoms with Crippen LogP contribution in [0.4, 0.5) is 0 Å². The van der Waals surface area contributed by atoms with Gasteiger partial charge >= 0.3 is 0 Å². The van der Waals surface area contributed by atoms with E-state index >= 15 is 0 Å². The molecule has 2 aromatic heterocycles. The van der Waals surface area contributed by atoms with Gasteiger partial charge in [0.15, 0.2) is 5.79 Å². The van der Waals surface area contributed by atoms with Crippen LogP contribution in [0, 0.1) is 0 Å². The molecule has 11 rings (SSSR count). The van der Waals surface area contributed by atoms with Gasteiger partial charge in [-0.05, 0) is 81.2 Å². The first-order chi connectivity index (χ1) is 25.0. The van der Waals surface area contributed by atoms with E-state index in [2.05, 4.69) is 159 Å². The summed E-state index contributed by atoms with van der Waals surface area (Å²) in [5, 5.41) is 22.2. The molecule has 1 aliphatic heterocycles. The molecule has 4 heteroatoms. The SMILES string of the molecule is CC1(C)O[C@H](Cp2c3ccc4ccccc4c3c3c4ccccc4ccc32)[C@@H](Cp2c3ccc4ccccc4c3c3c4ccccc4ccc32)O1. The van der Waals surface area contributed by atoms with Crippen molar-refractivity contribution in [3.8, 4) is 0 Å². The molecule has 0 bridgehead atoms. The second-order valence-electron chi connectivity index (χ2n) is 14.7. The number of fused-ring (bicyclic) bond motifs is 14. The summed E-state index contributed by atoms with van der Waals surface area (Å²) in [6, 6.07) is 54.6. The number of ether oxygens (including phenoxy) is 2. The molecule has 0 aliphatic carbocycles. The first kappa shape index (κ1) is 30.0. The third-order valence-electron chi connectivity index (χ3n) is 11.3. The minimum atomic E-state index is -0.670. The number of benzene rings is 8. The van der Waals surface area contributed by atoms with Gasteiger partial charge in [-0.1, -0.05) is 121 Å². The molecule has 51 heavy (non-hydrogen) atoms. The maximum atomic E-state index is 6.96. The summed E-state index contributed by atoms with van der Waals surface area (Å²) in [5.41, 5.74) is 0. The van der Waals surface area contributed by atoms with Crippen LogP contribution in [0.1, 0.15) is 13.8 Å². The van der Waals surface area contributed by atoms with E-state index in [4.69, 9.17) is 9.47 Å². The van der Waals surface area contributed by atoms with Gasteiger partial charge in [-0.25, -0.2) is 0 Å². The highest BCUT2D eigenvalue weighted by Gasteiger charge is 2.42. The van der Waals surface area contributed by atoms with Crippen molar-refractivity contribution in [2.24, 2.45) is 0 Å². The Hall–Kier alpha value is -4.68. The topological polar surface area (TPSA) is 18.5 Å². The lowest BCUT2D eigenvalue weighted by molar-refractivity contribution is -0.144. The van der Waals surface area contributed by atoms with E-state index < -0.39 is 20.9 Å². The van der Waals surface area contributed by atoms with E-state index in [0.717, 1.165) is 12.3 Å². The highest BCUT2D eigenvalue weighted by molar-refractivity contribution is 7.61. The average molecular weight is 695 g/mol. The van der Waals surface area contributed by atoms with Gasteiger partial charge < -0.3 is 9.47 Å². The summed E-state index contributed by atoms with van der Waals surface area (Å²) in [6.07, 6.45) is 1.86. The van der Waals surface area contributed by atoms with Crippen LogP contribution < -0.4 is 0 Å². The predicted octanol–water partition coefficient (Wildman–Crippen LogP) is 14.1. The maximum absolute atomic E-state index is 6.96. The lowest BCUT2D eigenvalue weighted by atomic mass is 10.00. The normalized spacial score (nSPS) is 17.8. The molecule has 3 heterocycles. The lowest BCUT2D eigenvalue weighted by Gasteiger charge is -2.18. The fourth-order valence-electron chi connectivity index (χ4n) is 9.22. The van der Waals surface area contributed by atoms with Gasteiger partial charge in [-0.2, -0.15) is 0 Å². The summed E-state index contributed by atoms with van der Waals surface area (Å²) in [4.78, 5) is 0. The molecule has 2 atom stereocenters. The molecule has 8 aromatic carbocycles. The summed E-state index contributed by atoms with van der Waals surface area (Å²) < 4.78 is 13.9. The van der Waals surface area contributed by atoms with Crippen LogP contribution in [0.15, 0.2) is 146 Å². The molecule has 1 aliphatic rings. The van der Waals surface area contributed by atoms with Gasteiger partial charge in [0.05, 0.1) is 12.2 Å². The lowest BCUT2D eigenvalue weighted by Crippen LogP contribution is -2.23. The minimum absolute atomic E-state index is 0.0150. The zero-order valence-corrected chi connectivity index (χ0v) is 30.4. The van der Waals surface area contributed by atoms with Crippen molar-refractivity contribution in [2.75, 3.05) is 0 Å². The Labute approximate surface area is 298 Å². The van der Waals surface area contributed by atoms with Crippen molar-refractivity contribution < 1.29 is 9.47 Å². The van der Waals surface area contributed by atoms with Crippen molar-refractivity contribution in [2.45, 2.75) is 44.2 Å². The van der Waals surface area contributed by atoms with E-state index in [1.54, 1.807) is 0 Å². The Bertz CT molecular complexity index is 2650. The van der Waals surface area contributed by atoms with Crippen LogP contribution in [0.3, 0.4) is 0 Å². The molecule has 0 amide bonds. The van der Waals surface area contributed by atoms with Crippen molar-refractivity contribution >= 4 is 100 Å². The second-order valence-corrected chi connectivity index (χ2v) is 19.0. The van der Waals surface area contributed by atoms with E-state index in [9.17, 15) is 0 Å². The molecule has 1 saturated heterocycles. The van der Waals surface area contributed by atoms with E-state index in [0.29, 0.717) is 0 Å². The number of hydrogen-bond acceptors (Lipinski definition) is 2. The molecular weight excluding hydrogens is 658 g/mol.